The van der Waals surface area contributed by atoms with Crippen LogP contribution in [-0.4, -0.2) is 30.2 Å². The van der Waals surface area contributed by atoms with Crippen molar-refractivity contribution in [2.75, 3.05) is 5.88 Å². The monoisotopic (exact) mass is 303 g/mol. The summed E-state index contributed by atoms with van der Waals surface area (Å²) in [4.78, 5) is 4.73. The van der Waals surface area contributed by atoms with Crippen LogP contribution in [0.1, 0.15) is 30.2 Å². The molecule has 0 saturated heterocycles. The summed E-state index contributed by atoms with van der Waals surface area (Å²) in [6.07, 6.45) is 2.45. The lowest BCUT2D eigenvalue weighted by Crippen LogP contribution is -2.15. The zero-order valence-corrected chi connectivity index (χ0v) is 13.2. The van der Waals surface area contributed by atoms with Crippen LogP contribution in [0, 0.1) is 6.92 Å². The van der Waals surface area contributed by atoms with E-state index in [0.29, 0.717) is 5.88 Å². The molecule has 2 heterocycles. The number of alkyl halides is 1. The quantitative estimate of drug-likeness (QED) is 0.696. The number of fused-ring (bicyclic) bond motifs is 1. The van der Waals surface area contributed by atoms with E-state index in [2.05, 4.69) is 46.8 Å². The van der Waals surface area contributed by atoms with Crippen LogP contribution >= 0.6 is 11.6 Å². The molecule has 0 amide bonds. The summed E-state index contributed by atoms with van der Waals surface area (Å²) in [5.74, 6) is 2.45. The Morgan fingerprint density at radius 3 is 2.81 bits per heavy atom. The normalized spacial score (nSPS) is 13.0. The van der Waals surface area contributed by atoms with Gasteiger partial charge in [0.1, 0.15) is 12.2 Å². The molecule has 0 aliphatic heterocycles. The fourth-order valence-electron chi connectivity index (χ4n) is 2.73. The third-order valence-corrected chi connectivity index (χ3v) is 3.93. The molecule has 3 rings (SSSR count). The van der Waals surface area contributed by atoms with Crippen LogP contribution in [0.15, 0.2) is 24.5 Å². The van der Waals surface area contributed by atoms with Crippen LogP contribution in [0.2, 0.25) is 0 Å². The SMILES string of the molecule is Cc1ccc2nc(CCCl)n(C(C)c3nncn3C)c2c1. The molecule has 1 atom stereocenters. The van der Waals surface area contributed by atoms with Gasteiger partial charge in [-0.05, 0) is 31.5 Å². The first-order valence-corrected chi connectivity index (χ1v) is 7.52. The first-order chi connectivity index (χ1) is 10.1. The van der Waals surface area contributed by atoms with Crippen LogP contribution < -0.4 is 0 Å². The molecule has 0 spiro atoms. The summed E-state index contributed by atoms with van der Waals surface area (Å²) in [6, 6.07) is 6.36. The van der Waals surface area contributed by atoms with Gasteiger partial charge < -0.3 is 9.13 Å². The molecule has 0 N–H and O–H groups in total. The topological polar surface area (TPSA) is 48.5 Å². The minimum atomic E-state index is 0.0579. The molecule has 2 aromatic heterocycles. The average molecular weight is 304 g/mol. The number of hydrogen-bond donors (Lipinski definition) is 0. The predicted octanol–water partition coefficient (Wildman–Crippen LogP) is 2.86. The van der Waals surface area contributed by atoms with Crippen molar-refractivity contribution < 1.29 is 0 Å². The predicted molar refractivity (Wildman–Crippen MR) is 83.7 cm³/mol. The molecular formula is C15H18ClN5. The number of aromatic nitrogens is 5. The van der Waals surface area contributed by atoms with Gasteiger partial charge in [-0.15, -0.1) is 21.8 Å². The second-order valence-corrected chi connectivity index (χ2v) is 5.68. The first kappa shape index (κ1) is 14.1. The Labute approximate surface area is 128 Å². The van der Waals surface area contributed by atoms with E-state index >= 15 is 0 Å². The maximum Gasteiger partial charge on any atom is 0.155 e. The van der Waals surface area contributed by atoms with E-state index < -0.39 is 0 Å². The highest BCUT2D eigenvalue weighted by molar-refractivity contribution is 6.17. The number of nitrogens with zero attached hydrogens (tertiary/aromatic N) is 5. The van der Waals surface area contributed by atoms with Gasteiger partial charge >= 0.3 is 0 Å². The molecule has 0 aliphatic carbocycles. The van der Waals surface area contributed by atoms with Gasteiger partial charge in [-0.3, -0.25) is 0 Å². The number of rotatable bonds is 4. The largest absolute Gasteiger partial charge is 0.319 e. The lowest BCUT2D eigenvalue weighted by atomic mass is 10.2. The van der Waals surface area contributed by atoms with Crippen molar-refractivity contribution in [3.8, 4) is 0 Å². The number of imidazole rings is 1. The van der Waals surface area contributed by atoms with E-state index in [0.717, 1.165) is 29.1 Å². The van der Waals surface area contributed by atoms with Gasteiger partial charge in [0.25, 0.3) is 0 Å². The Hall–Kier alpha value is -1.88. The van der Waals surface area contributed by atoms with Gasteiger partial charge in [0, 0.05) is 19.3 Å². The summed E-state index contributed by atoms with van der Waals surface area (Å²) in [5, 5.41) is 8.21. The zero-order chi connectivity index (χ0) is 15.0. The summed E-state index contributed by atoms with van der Waals surface area (Å²) in [6.45, 7) is 4.20. The van der Waals surface area contributed by atoms with Gasteiger partial charge in [0.05, 0.1) is 17.1 Å². The summed E-state index contributed by atoms with van der Waals surface area (Å²) < 4.78 is 4.16. The highest BCUT2D eigenvalue weighted by Gasteiger charge is 2.20. The van der Waals surface area contributed by atoms with Gasteiger partial charge in [-0.25, -0.2) is 4.98 Å². The molecule has 3 aromatic rings. The van der Waals surface area contributed by atoms with Crippen LogP contribution in [0.25, 0.3) is 11.0 Å². The van der Waals surface area contributed by atoms with E-state index in [1.807, 2.05) is 11.6 Å². The van der Waals surface area contributed by atoms with Crippen molar-refractivity contribution in [1.82, 2.24) is 24.3 Å². The number of hydrogen-bond acceptors (Lipinski definition) is 3. The van der Waals surface area contributed by atoms with Gasteiger partial charge in [0.2, 0.25) is 0 Å². The van der Waals surface area contributed by atoms with Crippen molar-refractivity contribution in [2.45, 2.75) is 26.3 Å². The second kappa shape index (κ2) is 5.48. The Kier molecular flexibility index (Phi) is 3.68. The minimum Gasteiger partial charge on any atom is -0.319 e. The van der Waals surface area contributed by atoms with Crippen molar-refractivity contribution in [3.63, 3.8) is 0 Å². The molecular weight excluding hydrogens is 286 g/mol. The molecule has 1 aromatic carbocycles. The number of aryl methyl sites for hydroxylation is 3. The molecule has 0 aliphatic rings. The van der Waals surface area contributed by atoms with E-state index in [4.69, 9.17) is 16.6 Å². The summed E-state index contributed by atoms with van der Waals surface area (Å²) in [5.41, 5.74) is 3.33. The highest BCUT2D eigenvalue weighted by Crippen LogP contribution is 2.26. The van der Waals surface area contributed by atoms with Gasteiger partial charge in [0.15, 0.2) is 5.82 Å². The first-order valence-electron chi connectivity index (χ1n) is 6.99. The Morgan fingerprint density at radius 2 is 2.14 bits per heavy atom. The second-order valence-electron chi connectivity index (χ2n) is 5.31. The van der Waals surface area contributed by atoms with E-state index in [1.54, 1.807) is 6.33 Å². The number of benzene rings is 1. The Bertz CT molecular complexity index is 774. The van der Waals surface area contributed by atoms with E-state index in [1.165, 1.54) is 5.56 Å². The zero-order valence-electron chi connectivity index (χ0n) is 12.4. The van der Waals surface area contributed by atoms with Crippen molar-refractivity contribution in [3.05, 3.63) is 41.7 Å². The van der Waals surface area contributed by atoms with Crippen LogP contribution in [-0.2, 0) is 13.5 Å². The molecule has 110 valence electrons. The summed E-state index contributed by atoms with van der Waals surface area (Å²) in [7, 11) is 1.96. The smallest absolute Gasteiger partial charge is 0.155 e. The van der Waals surface area contributed by atoms with Crippen LogP contribution in [0.3, 0.4) is 0 Å². The fraction of sp³-hybridized carbons (Fsp3) is 0.400. The third kappa shape index (κ3) is 2.42. The van der Waals surface area contributed by atoms with E-state index in [9.17, 15) is 0 Å². The number of halogens is 1. The molecule has 1 unspecified atom stereocenters. The van der Waals surface area contributed by atoms with Crippen LogP contribution in [0.4, 0.5) is 0 Å². The van der Waals surface area contributed by atoms with Crippen molar-refractivity contribution in [1.29, 1.82) is 0 Å². The molecule has 0 radical (unpaired) electrons. The highest BCUT2D eigenvalue weighted by atomic mass is 35.5. The van der Waals surface area contributed by atoms with Gasteiger partial charge in [-0.2, -0.15) is 0 Å². The lowest BCUT2D eigenvalue weighted by molar-refractivity contribution is 0.566. The maximum atomic E-state index is 5.94. The van der Waals surface area contributed by atoms with Crippen molar-refractivity contribution in [2.24, 2.45) is 7.05 Å². The van der Waals surface area contributed by atoms with Crippen molar-refractivity contribution >= 4 is 22.6 Å². The van der Waals surface area contributed by atoms with E-state index in [-0.39, 0.29) is 6.04 Å². The molecule has 5 nitrogen and oxygen atoms in total. The Morgan fingerprint density at radius 1 is 1.33 bits per heavy atom. The molecule has 0 bridgehead atoms. The minimum absolute atomic E-state index is 0.0579. The molecule has 21 heavy (non-hydrogen) atoms. The molecule has 0 fully saturated rings. The molecule has 0 saturated carbocycles. The van der Waals surface area contributed by atoms with Crippen LogP contribution in [0.5, 0.6) is 0 Å². The molecule has 6 heteroatoms. The third-order valence-electron chi connectivity index (χ3n) is 3.74. The maximum absolute atomic E-state index is 5.94. The fourth-order valence-corrected chi connectivity index (χ4v) is 2.90. The summed E-state index contributed by atoms with van der Waals surface area (Å²) >= 11 is 5.94. The lowest BCUT2D eigenvalue weighted by Gasteiger charge is -2.16. The standard InChI is InChI=1S/C15H18ClN5/c1-10-4-5-12-13(8-10)21(14(18-12)6-7-16)11(2)15-19-17-9-20(15)3/h4-5,8-9,11H,6-7H2,1-3H3. The Balaban J connectivity index is 2.21. The van der Waals surface area contributed by atoms with Gasteiger partial charge in [-0.1, -0.05) is 6.07 Å². The average Bonchev–Trinajstić information content (AvgIpc) is 3.02.